The predicted molar refractivity (Wildman–Crippen MR) is 102 cm³/mol. The van der Waals surface area contributed by atoms with Crippen molar-refractivity contribution >= 4 is 28.3 Å². The second-order valence-corrected chi connectivity index (χ2v) is 6.46. The van der Waals surface area contributed by atoms with E-state index >= 15 is 0 Å². The van der Waals surface area contributed by atoms with Crippen LogP contribution in [0.3, 0.4) is 0 Å². The van der Waals surface area contributed by atoms with Crippen molar-refractivity contribution < 1.29 is 4.74 Å². The third-order valence-electron chi connectivity index (χ3n) is 4.22. The lowest BCUT2D eigenvalue weighted by Gasteiger charge is -2.06. The normalized spacial score (nSPS) is 11.3. The lowest BCUT2D eigenvalue weighted by molar-refractivity contribution is 0.306. The molecule has 0 bridgehead atoms. The first-order chi connectivity index (χ1) is 13.3. The van der Waals surface area contributed by atoms with Gasteiger partial charge in [0.25, 0.3) is 0 Å². The number of ether oxygens (including phenoxy) is 1. The lowest BCUT2D eigenvalue weighted by Crippen LogP contribution is -1.95. The Kier molecular flexibility index (Phi) is 3.72. The average molecular weight is 377 g/mol. The van der Waals surface area contributed by atoms with Crippen LogP contribution in [0.15, 0.2) is 61.1 Å². The molecule has 5 aromatic rings. The van der Waals surface area contributed by atoms with Crippen molar-refractivity contribution in [1.29, 1.82) is 0 Å². The summed E-state index contributed by atoms with van der Waals surface area (Å²) in [7, 11) is 0. The fraction of sp³-hybridized carbons (Fsp3) is 0.0526. The van der Waals surface area contributed by atoms with Crippen molar-refractivity contribution in [1.82, 2.24) is 29.8 Å². The Hall–Kier alpha value is -3.45. The SMILES string of the molecule is Clc1ccc(OCc2ccc(-c3nc4c5cn[nH]c5ncn4n3)cc2)cc1. The van der Waals surface area contributed by atoms with Crippen LogP contribution in [0.25, 0.3) is 28.1 Å². The molecule has 1 N–H and O–H groups in total. The summed E-state index contributed by atoms with van der Waals surface area (Å²) in [4.78, 5) is 8.89. The Morgan fingerprint density at radius 1 is 1.04 bits per heavy atom. The molecule has 27 heavy (non-hydrogen) atoms. The van der Waals surface area contributed by atoms with Gasteiger partial charge in [-0.2, -0.15) is 5.10 Å². The molecule has 0 saturated carbocycles. The highest BCUT2D eigenvalue weighted by atomic mass is 35.5. The molecule has 0 amide bonds. The smallest absolute Gasteiger partial charge is 0.182 e. The number of nitrogens with zero attached hydrogens (tertiary/aromatic N) is 5. The standard InChI is InChI=1S/C19H13ClN6O/c20-14-5-7-15(8-6-14)27-10-12-1-3-13(4-2-12)17-23-19-16-9-22-24-18(16)21-11-26(19)25-17/h1-9,11H,10H2,(H,22,24). The van der Waals surface area contributed by atoms with E-state index in [2.05, 4.69) is 25.3 Å². The van der Waals surface area contributed by atoms with Gasteiger partial charge in [0.05, 0.1) is 11.6 Å². The average Bonchev–Trinajstić information content (AvgIpc) is 3.34. The maximum Gasteiger partial charge on any atom is 0.182 e. The highest BCUT2D eigenvalue weighted by Gasteiger charge is 2.11. The number of H-pyrrole nitrogens is 1. The first kappa shape index (κ1) is 15.8. The molecule has 7 nitrogen and oxygen atoms in total. The molecule has 0 radical (unpaired) electrons. The van der Waals surface area contributed by atoms with E-state index in [4.69, 9.17) is 16.3 Å². The summed E-state index contributed by atoms with van der Waals surface area (Å²) >= 11 is 5.88. The van der Waals surface area contributed by atoms with Gasteiger partial charge in [-0.15, -0.1) is 5.10 Å². The summed E-state index contributed by atoms with van der Waals surface area (Å²) in [5, 5.41) is 12.9. The third-order valence-corrected chi connectivity index (χ3v) is 4.47. The molecular formula is C19H13ClN6O. The van der Waals surface area contributed by atoms with Crippen molar-refractivity contribution in [2.24, 2.45) is 0 Å². The first-order valence-electron chi connectivity index (χ1n) is 8.28. The predicted octanol–water partition coefficient (Wildman–Crippen LogP) is 3.90. The van der Waals surface area contributed by atoms with Gasteiger partial charge in [-0.05, 0) is 29.8 Å². The molecule has 0 atom stereocenters. The van der Waals surface area contributed by atoms with E-state index < -0.39 is 0 Å². The van der Waals surface area contributed by atoms with Crippen LogP contribution < -0.4 is 4.74 Å². The van der Waals surface area contributed by atoms with Crippen LogP contribution in [0.5, 0.6) is 5.75 Å². The van der Waals surface area contributed by atoms with Crippen molar-refractivity contribution in [3.63, 3.8) is 0 Å². The van der Waals surface area contributed by atoms with Crippen LogP contribution in [0, 0.1) is 0 Å². The maximum absolute atomic E-state index is 5.88. The number of hydrogen-bond acceptors (Lipinski definition) is 5. The summed E-state index contributed by atoms with van der Waals surface area (Å²) < 4.78 is 7.42. The van der Waals surface area contributed by atoms with E-state index in [0.717, 1.165) is 27.9 Å². The van der Waals surface area contributed by atoms with Crippen molar-refractivity contribution in [3.8, 4) is 17.1 Å². The molecule has 3 heterocycles. The second-order valence-electron chi connectivity index (χ2n) is 6.02. The molecule has 0 aliphatic rings. The Morgan fingerprint density at radius 2 is 1.85 bits per heavy atom. The zero-order chi connectivity index (χ0) is 18.2. The van der Waals surface area contributed by atoms with Crippen molar-refractivity contribution in [3.05, 3.63) is 71.6 Å². The van der Waals surface area contributed by atoms with Gasteiger partial charge in [0, 0.05) is 10.6 Å². The number of benzene rings is 2. The number of aromatic amines is 1. The van der Waals surface area contributed by atoms with Gasteiger partial charge >= 0.3 is 0 Å². The fourth-order valence-electron chi connectivity index (χ4n) is 2.81. The molecule has 0 spiro atoms. The zero-order valence-corrected chi connectivity index (χ0v) is 14.8. The number of aromatic nitrogens is 6. The van der Waals surface area contributed by atoms with Gasteiger partial charge in [-0.3, -0.25) is 5.10 Å². The topological polar surface area (TPSA) is 81.0 Å². The quantitative estimate of drug-likeness (QED) is 0.514. The summed E-state index contributed by atoms with van der Waals surface area (Å²) in [6, 6.07) is 15.3. The molecule has 8 heteroatoms. The number of rotatable bonds is 4. The molecule has 132 valence electrons. The van der Waals surface area contributed by atoms with Crippen LogP contribution in [-0.4, -0.2) is 29.8 Å². The van der Waals surface area contributed by atoms with E-state index in [1.54, 1.807) is 29.2 Å². The van der Waals surface area contributed by atoms with Gasteiger partial charge in [0.15, 0.2) is 17.1 Å². The van der Waals surface area contributed by atoms with E-state index in [1.165, 1.54) is 0 Å². The highest BCUT2D eigenvalue weighted by Crippen LogP contribution is 2.21. The van der Waals surface area contributed by atoms with Gasteiger partial charge in [0.1, 0.15) is 18.7 Å². The van der Waals surface area contributed by atoms with Crippen molar-refractivity contribution in [2.45, 2.75) is 6.61 Å². The summed E-state index contributed by atoms with van der Waals surface area (Å²) in [5.74, 6) is 1.41. The molecule has 3 aromatic heterocycles. The van der Waals surface area contributed by atoms with Crippen LogP contribution >= 0.6 is 11.6 Å². The summed E-state index contributed by atoms with van der Waals surface area (Å²) in [6.07, 6.45) is 3.33. The van der Waals surface area contributed by atoms with E-state index in [1.807, 2.05) is 36.4 Å². The van der Waals surface area contributed by atoms with E-state index in [0.29, 0.717) is 23.1 Å². The molecule has 0 fully saturated rings. The molecule has 0 unspecified atom stereocenters. The Morgan fingerprint density at radius 3 is 2.67 bits per heavy atom. The number of hydrogen-bond donors (Lipinski definition) is 1. The fourth-order valence-corrected chi connectivity index (χ4v) is 2.94. The third kappa shape index (κ3) is 2.98. The Balaban J connectivity index is 1.38. The minimum atomic E-state index is 0.472. The Bertz CT molecular complexity index is 1230. The van der Waals surface area contributed by atoms with Gasteiger partial charge in [-0.25, -0.2) is 14.5 Å². The van der Waals surface area contributed by atoms with Crippen LogP contribution in [0.2, 0.25) is 5.02 Å². The van der Waals surface area contributed by atoms with Crippen LogP contribution in [0.1, 0.15) is 5.56 Å². The largest absolute Gasteiger partial charge is 0.489 e. The maximum atomic E-state index is 5.88. The monoisotopic (exact) mass is 376 g/mol. The number of nitrogens with one attached hydrogen (secondary N) is 1. The van der Waals surface area contributed by atoms with E-state index in [-0.39, 0.29) is 0 Å². The molecule has 0 aliphatic carbocycles. The van der Waals surface area contributed by atoms with Crippen molar-refractivity contribution in [2.75, 3.05) is 0 Å². The molecule has 0 aliphatic heterocycles. The van der Waals surface area contributed by atoms with Crippen LogP contribution in [-0.2, 0) is 6.61 Å². The summed E-state index contributed by atoms with van der Waals surface area (Å²) in [5.41, 5.74) is 3.39. The second kappa shape index (κ2) is 6.37. The van der Waals surface area contributed by atoms with Crippen LogP contribution in [0.4, 0.5) is 0 Å². The lowest BCUT2D eigenvalue weighted by atomic mass is 10.1. The summed E-state index contributed by atoms with van der Waals surface area (Å²) in [6.45, 7) is 0.472. The minimum Gasteiger partial charge on any atom is -0.489 e. The Labute approximate surface area is 158 Å². The molecular weight excluding hydrogens is 364 g/mol. The minimum absolute atomic E-state index is 0.472. The number of fused-ring (bicyclic) bond motifs is 3. The first-order valence-corrected chi connectivity index (χ1v) is 8.66. The van der Waals surface area contributed by atoms with E-state index in [9.17, 15) is 0 Å². The number of halogens is 1. The van der Waals surface area contributed by atoms with Gasteiger partial charge in [-0.1, -0.05) is 35.9 Å². The van der Waals surface area contributed by atoms with Gasteiger partial charge in [0.2, 0.25) is 0 Å². The molecule has 5 rings (SSSR count). The molecule has 0 saturated heterocycles. The van der Waals surface area contributed by atoms with Gasteiger partial charge < -0.3 is 4.74 Å². The molecule has 2 aromatic carbocycles. The highest BCUT2D eigenvalue weighted by molar-refractivity contribution is 6.30. The zero-order valence-electron chi connectivity index (χ0n) is 14.0.